The molecule has 1 aliphatic carbocycles. The Hall–Kier alpha value is -2.15. The van der Waals surface area contributed by atoms with Crippen LogP contribution in [-0.4, -0.2) is 5.78 Å². The van der Waals surface area contributed by atoms with Crippen LogP contribution >= 0.6 is 0 Å². The van der Waals surface area contributed by atoms with Gasteiger partial charge in [0, 0.05) is 17.4 Å². The number of hydrogen-bond acceptors (Lipinski definition) is 1. The highest BCUT2D eigenvalue weighted by Crippen LogP contribution is 2.35. The summed E-state index contributed by atoms with van der Waals surface area (Å²) in [4.78, 5) is 12.1. The molecule has 1 nitrogen and oxygen atoms in total. The molecule has 0 N–H and O–H groups in total. The summed E-state index contributed by atoms with van der Waals surface area (Å²) < 4.78 is 0. The van der Waals surface area contributed by atoms with Gasteiger partial charge in [-0.2, -0.15) is 0 Å². The summed E-state index contributed by atoms with van der Waals surface area (Å²) in [6.45, 7) is 0. The second kappa shape index (κ2) is 2.95. The topological polar surface area (TPSA) is 17.1 Å². The fourth-order valence-electron chi connectivity index (χ4n) is 2.88. The first-order valence-electron chi connectivity index (χ1n) is 5.81. The molecule has 80 valence electrons. The largest absolute Gasteiger partial charge is 0.294 e. The van der Waals surface area contributed by atoms with Gasteiger partial charge in [0.25, 0.3) is 0 Å². The smallest absolute Gasteiger partial charge is 0.167 e. The lowest BCUT2D eigenvalue weighted by atomic mass is 9.85. The van der Waals surface area contributed by atoms with Crippen molar-refractivity contribution in [2.75, 3.05) is 0 Å². The fraction of sp³-hybridized carbons (Fsp3) is 0.0625. The molecule has 0 bridgehead atoms. The van der Waals surface area contributed by atoms with Crippen LogP contribution in [0.5, 0.6) is 0 Å². The SMILES string of the molecule is O=C1Cc2cccc3ccc4cccc1c4c23. The monoisotopic (exact) mass is 218 g/mol. The molecule has 0 saturated heterocycles. The Labute approximate surface area is 98.7 Å². The lowest BCUT2D eigenvalue weighted by Crippen LogP contribution is -2.09. The van der Waals surface area contributed by atoms with Gasteiger partial charge in [-0.05, 0) is 21.7 Å². The number of ketones is 1. The second-order valence-corrected chi connectivity index (χ2v) is 4.58. The van der Waals surface area contributed by atoms with Crippen LogP contribution in [-0.2, 0) is 6.42 Å². The van der Waals surface area contributed by atoms with Gasteiger partial charge in [-0.3, -0.25) is 4.79 Å². The summed E-state index contributed by atoms with van der Waals surface area (Å²) in [6.07, 6.45) is 0.535. The first-order valence-corrected chi connectivity index (χ1v) is 5.81. The van der Waals surface area contributed by atoms with Crippen LogP contribution in [0.25, 0.3) is 21.5 Å². The zero-order chi connectivity index (χ0) is 11.4. The van der Waals surface area contributed by atoms with E-state index in [1.54, 1.807) is 0 Å². The van der Waals surface area contributed by atoms with Gasteiger partial charge >= 0.3 is 0 Å². The maximum atomic E-state index is 12.1. The van der Waals surface area contributed by atoms with Crippen molar-refractivity contribution in [3.63, 3.8) is 0 Å². The van der Waals surface area contributed by atoms with Gasteiger partial charge in [0.05, 0.1) is 0 Å². The fourth-order valence-corrected chi connectivity index (χ4v) is 2.88. The van der Waals surface area contributed by atoms with Gasteiger partial charge < -0.3 is 0 Å². The van der Waals surface area contributed by atoms with E-state index >= 15 is 0 Å². The molecule has 3 aromatic rings. The molecular formula is C16H10O. The Morgan fingerprint density at radius 1 is 0.765 bits per heavy atom. The molecule has 4 rings (SSSR count). The molecule has 0 aromatic heterocycles. The molecule has 0 aliphatic heterocycles. The van der Waals surface area contributed by atoms with Gasteiger partial charge in [-0.25, -0.2) is 0 Å². The van der Waals surface area contributed by atoms with Crippen LogP contribution in [0, 0.1) is 0 Å². The summed E-state index contributed by atoms with van der Waals surface area (Å²) in [5.41, 5.74) is 2.05. The predicted molar refractivity (Wildman–Crippen MR) is 69.5 cm³/mol. The molecule has 17 heavy (non-hydrogen) atoms. The summed E-state index contributed by atoms with van der Waals surface area (Å²) in [5.74, 6) is 0.238. The van der Waals surface area contributed by atoms with Gasteiger partial charge in [0.2, 0.25) is 0 Å². The quantitative estimate of drug-likeness (QED) is 0.525. The average Bonchev–Trinajstić information content (AvgIpc) is 2.37. The van der Waals surface area contributed by atoms with Gasteiger partial charge in [-0.1, -0.05) is 48.5 Å². The molecular weight excluding hydrogens is 208 g/mol. The molecule has 0 unspecified atom stereocenters. The van der Waals surface area contributed by atoms with Crippen molar-refractivity contribution >= 4 is 27.3 Å². The third-order valence-electron chi connectivity index (χ3n) is 3.62. The van der Waals surface area contributed by atoms with E-state index in [1.807, 2.05) is 18.2 Å². The summed E-state index contributed by atoms with van der Waals surface area (Å²) in [7, 11) is 0. The maximum absolute atomic E-state index is 12.1. The van der Waals surface area contributed by atoms with Crippen LogP contribution < -0.4 is 0 Å². The molecule has 0 atom stereocenters. The molecule has 0 spiro atoms. The van der Waals surface area contributed by atoms with Crippen molar-refractivity contribution in [2.45, 2.75) is 6.42 Å². The van der Waals surface area contributed by atoms with Gasteiger partial charge in [-0.15, -0.1) is 0 Å². The van der Waals surface area contributed by atoms with E-state index in [9.17, 15) is 4.79 Å². The number of hydrogen-bond donors (Lipinski definition) is 0. The van der Waals surface area contributed by atoms with Crippen molar-refractivity contribution < 1.29 is 4.79 Å². The highest BCUT2D eigenvalue weighted by atomic mass is 16.1. The van der Waals surface area contributed by atoms with Crippen LogP contribution in [0.1, 0.15) is 15.9 Å². The lowest BCUT2D eigenvalue weighted by molar-refractivity contribution is 0.0994. The molecule has 1 heteroatoms. The molecule has 0 radical (unpaired) electrons. The Morgan fingerprint density at radius 3 is 2.29 bits per heavy atom. The van der Waals surface area contributed by atoms with E-state index in [0.717, 1.165) is 21.9 Å². The molecule has 1 aliphatic rings. The zero-order valence-electron chi connectivity index (χ0n) is 9.23. The number of benzene rings is 3. The summed E-state index contributed by atoms with van der Waals surface area (Å²) in [6, 6.07) is 16.4. The van der Waals surface area contributed by atoms with E-state index in [4.69, 9.17) is 0 Å². The van der Waals surface area contributed by atoms with Crippen molar-refractivity contribution in [1.29, 1.82) is 0 Å². The molecule has 0 amide bonds. The van der Waals surface area contributed by atoms with Crippen molar-refractivity contribution in [3.05, 3.63) is 59.7 Å². The first kappa shape index (κ1) is 8.94. The highest BCUT2D eigenvalue weighted by molar-refractivity contribution is 6.22. The normalized spacial score (nSPS) is 13.8. The van der Waals surface area contributed by atoms with E-state index < -0.39 is 0 Å². The number of rotatable bonds is 0. The van der Waals surface area contributed by atoms with Crippen molar-refractivity contribution in [3.8, 4) is 0 Å². The summed E-state index contributed by atoms with van der Waals surface area (Å²) in [5, 5.41) is 4.79. The lowest BCUT2D eigenvalue weighted by Gasteiger charge is -2.17. The minimum absolute atomic E-state index is 0.238. The predicted octanol–water partition coefficient (Wildman–Crippen LogP) is 3.73. The van der Waals surface area contributed by atoms with Crippen molar-refractivity contribution in [2.24, 2.45) is 0 Å². The molecule has 3 aromatic carbocycles. The Balaban J connectivity index is 2.41. The first-order chi connectivity index (χ1) is 8.34. The van der Waals surface area contributed by atoms with E-state index in [2.05, 4.69) is 30.3 Å². The van der Waals surface area contributed by atoms with Crippen molar-refractivity contribution in [1.82, 2.24) is 0 Å². The maximum Gasteiger partial charge on any atom is 0.167 e. The van der Waals surface area contributed by atoms with Crippen LogP contribution in [0.4, 0.5) is 0 Å². The number of carbonyl (C=O) groups is 1. The van der Waals surface area contributed by atoms with Crippen LogP contribution in [0.15, 0.2) is 48.5 Å². The Morgan fingerprint density at radius 2 is 1.47 bits per heavy atom. The van der Waals surface area contributed by atoms with Gasteiger partial charge in [0.15, 0.2) is 5.78 Å². The summed E-state index contributed by atoms with van der Waals surface area (Å²) >= 11 is 0. The number of Topliss-reactive ketones (excluding diaryl/α,β-unsaturated/α-hetero) is 1. The second-order valence-electron chi connectivity index (χ2n) is 4.58. The molecule has 0 heterocycles. The van der Waals surface area contributed by atoms with E-state index in [-0.39, 0.29) is 5.78 Å². The third kappa shape index (κ3) is 1.06. The Bertz CT molecular complexity index is 784. The van der Waals surface area contributed by atoms with Crippen LogP contribution in [0.2, 0.25) is 0 Å². The van der Waals surface area contributed by atoms with E-state index in [0.29, 0.717) is 6.42 Å². The molecule has 0 fully saturated rings. The Kier molecular flexibility index (Phi) is 1.55. The highest BCUT2D eigenvalue weighted by Gasteiger charge is 2.20. The standard InChI is InChI=1S/C16H10O/c17-14-9-12-5-1-3-10-7-8-11-4-2-6-13(14)16(11)15(10)12/h1-8H,9H2. The third-order valence-corrected chi connectivity index (χ3v) is 3.62. The number of carbonyl (C=O) groups excluding carboxylic acids is 1. The zero-order valence-corrected chi connectivity index (χ0v) is 9.23. The van der Waals surface area contributed by atoms with E-state index in [1.165, 1.54) is 10.8 Å². The minimum Gasteiger partial charge on any atom is -0.294 e. The average molecular weight is 218 g/mol. The van der Waals surface area contributed by atoms with Gasteiger partial charge in [0.1, 0.15) is 0 Å². The van der Waals surface area contributed by atoms with Crippen LogP contribution in [0.3, 0.4) is 0 Å². The molecule has 0 saturated carbocycles. The minimum atomic E-state index is 0.238.